The molecule has 0 atom stereocenters. The molecule has 3 nitrogen and oxygen atoms in total. The first-order chi connectivity index (χ1) is 9.95. The van der Waals surface area contributed by atoms with Crippen LogP contribution in [0.15, 0.2) is 46.9 Å². The summed E-state index contributed by atoms with van der Waals surface area (Å²) in [7, 11) is 0. The van der Waals surface area contributed by atoms with Crippen molar-refractivity contribution < 1.29 is 19.0 Å². The zero-order chi connectivity index (χ0) is 15.4. The number of ether oxygens (including phenoxy) is 1. The molecule has 2 aromatic carbocycles. The van der Waals surface area contributed by atoms with E-state index in [9.17, 15) is 9.18 Å². The van der Waals surface area contributed by atoms with E-state index in [4.69, 9.17) is 21.4 Å². The minimum absolute atomic E-state index is 0.0499. The van der Waals surface area contributed by atoms with Crippen LogP contribution in [0.2, 0.25) is 5.02 Å². The van der Waals surface area contributed by atoms with Gasteiger partial charge in [0.2, 0.25) is 0 Å². The van der Waals surface area contributed by atoms with E-state index in [0.717, 1.165) is 6.08 Å². The third kappa shape index (κ3) is 4.31. The third-order valence-corrected chi connectivity index (χ3v) is 3.28. The van der Waals surface area contributed by atoms with Crippen LogP contribution in [0.5, 0.6) is 11.5 Å². The summed E-state index contributed by atoms with van der Waals surface area (Å²) in [6, 6.07) is 9.12. The number of benzene rings is 2. The second-order valence-corrected chi connectivity index (χ2v) is 5.36. The molecule has 6 heteroatoms. The summed E-state index contributed by atoms with van der Waals surface area (Å²) in [5, 5.41) is 8.81. The molecule has 0 bridgehead atoms. The van der Waals surface area contributed by atoms with Gasteiger partial charge in [0.15, 0.2) is 11.6 Å². The van der Waals surface area contributed by atoms with Crippen molar-refractivity contribution in [3.63, 3.8) is 0 Å². The monoisotopic (exact) mass is 370 g/mol. The van der Waals surface area contributed by atoms with E-state index in [1.807, 2.05) is 0 Å². The molecule has 0 aliphatic carbocycles. The summed E-state index contributed by atoms with van der Waals surface area (Å²) >= 11 is 9.20. The molecule has 0 unspecified atom stereocenters. The molecule has 2 rings (SSSR count). The fourth-order valence-corrected chi connectivity index (χ4v) is 2.11. The largest absolute Gasteiger partial charge is 0.478 e. The molecule has 108 valence electrons. The lowest BCUT2D eigenvalue weighted by Crippen LogP contribution is -1.90. The standard InChI is InChI=1S/C15H9BrClFO3/c16-10-3-5-14(12(18)8-10)21-13-4-1-9(7-11(13)17)2-6-15(19)20/h1-8H,(H,19,20)/b6-2+. The van der Waals surface area contributed by atoms with E-state index in [2.05, 4.69) is 15.9 Å². The average Bonchev–Trinajstić information content (AvgIpc) is 2.42. The van der Waals surface area contributed by atoms with Gasteiger partial charge in [0, 0.05) is 10.5 Å². The van der Waals surface area contributed by atoms with Crippen molar-refractivity contribution >= 4 is 39.6 Å². The predicted octanol–water partition coefficient (Wildman–Crippen LogP) is 5.13. The Morgan fingerprint density at radius 1 is 1.24 bits per heavy atom. The fraction of sp³-hybridized carbons (Fsp3) is 0. The Morgan fingerprint density at radius 2 is 1.95 bits per heavy atom. The molecule has 0 fully saturated rings. The number of carboxylic acid groups (broad SMARTS) is 1. The van der Waals surface area contributed by atoms with E-state index in [0.29, 0.717) is 10.0 Å². The van der Waals surface area contributed by atoms with E-state index in [1.54, 1.807) is 18.2 Å². The van der Waals surface area contributed by atoms with Gasteiger partial charge in [-0.15, -0.1) is 0 Å². The van der Waals surface area contributed by atoms with Crippen LogP contribution < -0.4 is 4.74 Å². The van der Waals surface area contributed by atoms with Crippen molar-refractivity contribution in [1.82, 2.24) is 0 Å². The van der Waals surface area contributed by atoms with Gasteiger partial charge >= 0.3 is 5.97 Å². The number of rotatable bonds is 4. The topological polar surface area (TPSA) is 46.5 Å². The first-order valence-corrected chi connectivity index (χ1v) is 6.96. The van der Waals surface area contributed by atoms with Crippen molar-refractivity contribution in [3.05, 3.63) is 63.4 Å². The van der Waals surface area contributed by atoms with E-state index < -0.39 is 11.8 Å². The number of halogens is 3. The van der Waals surface area contributed by atoms with Crippen LogP contribution >= 0.6 is 27.5 Å². The lowest BCUT2D eigenvalue weighted by atomic mass is 10.2. The fourth-order valence-electron chi connectivity index (χ4n) is 1.55. The SMILES string of the molecule is O=C(O)/C=C/c1ccc(Oc2ccc(Br)cc2F)c(Cl)c1. The quantitative estimate of drug-likeness (QED) is 0.758. The number of carboxylic acids is 1. The Kier molecular flexibility index (Phi) is 4.98. The molecule has 0 aliphatic heterocycles. The Bertz CT molecular complexity index is 716. The summed E-state index contributed by atoms with van der Waals surface area (Å²) in [4.78, 5) is 10.4. The number of aliphatic carboxylic acids is 1. The Labute approximate surface area is 133 Å². The van der Waals surface area contributed by atoms with Gasteiger partial charge in [-0.25, -0.2) is 9.18 Å². The molecule has 0 saturated heterocycles. The lowest BCUT2D eigenvalue weighted by molar-refractivity contribution is -0.131. The van der Waals surface area contributed by atoms with Crippen LogP contribution in [0.25, 0.3) is 6.08 Å². The van der Waals surface area contributed by atoms with Gasteiger partial charge in [0.05, 0.1) is 5.02 Å². The summed E-state index contributed by atoms with van der Waals surface area (Å²) in [6.45, 7) is 0. The zero-order valence-electron chi connectivity index (χ0n) is 10.5. The van der Waals surface area contributed by atoms with E-state index >= 15 is 0 Å². The normalized spacial score (nSPS) is 10.8. The van der Waals surface area contributed by atoms with Crippen LogP contribution in [0.1, 0.15) is 5.56 Å². The summed E-state index contributed by atoms with van der Waals surface area (Å²) < 4.78 is 19.7. The van der Waals surface area contributed by atoms with Gasteiger partial charge < -0.3 is 9.84 Å². The highest BCUT2D eigenvalue weighted by Gasteiger charge is 2.08. The highest BCUT2D eigenvalue weighted by atomic mass is 79.9. The van der Waals surface area contributed by atoms with Crippen LogP contribution in [0.4, 0.5) is 4.39 Å². The van der Waals surface area contributed by atoms with Gasteiger partial charge in [0.25, 0.3) is 0 Å². The Balaban J connectivity index is 2.23. The van der Waals surface area contributed by atoms with Crippen molar-refractivity contribution in [3.8, 4) is 11.5 Å². The minimum atomic E-state index is -1.05. The number of hydrogen-bond acceptors (Lipinski definition) is 2. The van der Waals surface area contributed by atoms with Crippen molar-refractivity contribution in [2.45, 2.75) is 0 Å². The number of carbonyl (C=O) groups is 1. The molecule has 0 saturated carbocycles. The van der Waals surface area contributed by atoms with Crippen LogP contribution in [-0.4, -0.2) is 11.1 Å². The predicted molar refractivity (Wildman–Crippen MR) is 82.3 cm³/mol. The molecular formula is C15H9BrClFO3. The van der Waals surface area contributed by atoms with Gasteiger partial charge in [0.1, 0.15) is 5.75 Å². The van der Waals surface area contributed by atoms with Gasteiger partial charge in [-0.2, -0.15) is 0 Å². The molecule has 1 N–H and O–H groups in total. The van der Waals surface area contributed by atoms with Crippen LogP contribution in [0, 0.1) is 5.82 Å². The number of hydrogen-bond donors (Lipinski definition) is 1. The second-order valence-electron chi connectivity index (χ2n) is 4.04. The maximum atomic E-state index is 13.7. The van der Waals surface area contributed by atoms with Crippen LogP contribution in [-0.2, 0) is 4.79 Å². The summed E-state index contributed by atoms with van der Waals surface area (Å²) in [5.41, 5.74) is 0.603. The van der Waals surface area contributed by atoms with Crippen molar-refractivity contribution in [2.24, 2.45) is 0 Å². The highest BCUT2D eigenvalue weighted by molar-refractivity contribution is 9.10. The maximum Gasteiger partial charge on any atom is 0.328 e. The molecular weight excluding hydrogens is 363 g/mol. The molecule has 0 amide bonds. The average molecular weight is 372 g/mol. The van der Waals surface area contributed by atoms with E-state index in [1.165, 1.54) is 24.3 Å². The minimum Gasteiger partial charge on any atom is -0.478 e. The molecule has 0 spiro atoms. The van der Waals surface area contributed by atoms with Gasteiger partial charge in [-0.05, 0) is 42.0 Å². The van der Waals surface area contributed by atoms with Gasteiger partial charge in [-0.1, -0.05) is 33.6 Å². The molecule has 0 radical (unpaired) electrons. The molecule has 0 aliphatic rings. The summed E-state index contributed by atoms with van der Waals surface area (Å²) in [5.74, 6) is -1.24. The van der Waals surface area contributed by atoms with E-state index in [-0.39, 0.29) is 16.5 Å². The molecule has 2 aromatic rings. The maximum absolute atomic E-state index is 13.7. The Hall–Kier alpha value is -1.85. The molecule has 0 heterocycles. The molecule has 0 aromatic heterocycles. The molecule has 21 heavy (non-hydrogen) atoms. The highest BCUT2D eigenvalue weighted by Crippen LogP contribution is 2.32. The summed E-state index contributed by atoms with van der Waals surface area (Å²) in [6.07, 6.45) is 2.40. The van der Waals surface area contributed by atoms with Crippen LogP contribution in [0.3, 0.4) is 0 Å². The third-order valence-electron chi connectivity index (χ3n) is 2.49. The van der Waals surface area contributed by atoms with Gasteiger partial charge in [-0.3, -0.25) is 0 Å². The van der Waals surface area contributed by atoms with Crippen molar-refractivity contribution in [1.29, 1.82) is 0 Å². The lowest BCUT2D eigenvalue weighted by Gasteiger charge is -2.09. The van der Waals surface area contributed by atoms with Crippen molar-refractivity contribution in [2.75, 3.05) is 0 Å². The smallest absolute Gasteiger partial charge is 0.328 e. The Morgan fingerprint density at radius 3 is 2.57 bits per heavy atom. The first kappa shape index (κ1) is 15.5. The second kappa shape index (κ2) is 6.74. The zero-order valence-corrected chi connectivity index (χ0v) is 12.9. The first-order valence-electron chi connectivity index (χ1n) is 5.79.